The Hall–Kier alpha value is -1.95. The molecule has 0 radical (unpaired) electrons. The van der Waals surface area contributed by atoms with Crippen molar-refractivity contribution in [2.24, 2.45) is 4.99 Å². The van der Waals surface area contributed by atoms with Crippen molar-refractivity contribution >= 4 is 5.96 Å². The number of hydrogen-bond acceptors (Lipinski definition) is 4. The number of nitrogens with one attached hydrogen (secondary N) is 1. The fraction of sp³-hybridized carbons (Fsp3) is 0.650. The zero-order valence-corrected chi connectivity index (χ0v) is 16.9. The highest BCUT2D eigenvalue weighted by atomic mass is 16.5. The normalized spacial score (nSPS) is 18.0. The molecule has 6 heteroatoms. The number of rotatable bonds is 8. The van der Waals surface area contributed by atoms with Gasteiger partial charge in [0, 0.05) is 33.2 Å². The Morgan fingerprint density at radius 2 is 2.15 bits per heavy atom. The summed E-state index contributed by atoms with van der Waals surface area (Å²) in [6, 6.07) is 6.65. The summed E-state index contributed by atoms with van der Waals surface area (Å²) >= 11 is 0. The number of hydrogen-bond donors (Lipinski definition) is 1. The minimum Gasteiger partial charge on any atom is -0.493 e. The molecule has 1 aliphatic heterocycles. The summed E-state index contributed by atoms with van der Waals surface area (Å²) in [5.41, 5.74) is 1.14. The molecule has 6 nitrogen and oxygen atoms in total. The summed E-state index contributed by atoms with van der Waals surface area (Å²) in [6.07, 6.45) is 2.57. The molecule has 2 rings (SSSR count). The third kappa shape index (κ3) is 5.27. The summed E-state index contributed by atoms with van der Waals surface area (Å²) in [5.74, 6) is 2.46. The minimum absolute atomic E-state index is 0.618. The second-order valence-electron chi connectivity index (χ2n) is 6.62. The summed E-state index contributed by atoms with van der Waals surface area (Å²) in [6.45, 7) is 8.87. The SMILES string of the molecule is CCOc1cc(CNC(=NC)N(C)CC2CCCN2CC)ccc1OC. The first-order chi connectivity index (χ1) is 12.6. The Bertz CT molecular complexity index is 591. The van der Waals surface area contributed by atoms with Gasteiger partial charge in [0.2, 0.25) is 0 Å². The molecule has 1 aliphatic rings. The van der Waals surface area contributed by atoms with E-state index in [4.69, 9.17) is 9.47 Å². The van der Waals surface area contributed by atoms with E-state index in [9.17, 15) is 0 Å². The van der Waals surface area contributed by atoms with Gasteiger partial charge in [-0.25, -0.2) is 0 Å². The van der Waals surface area contributed by atoms with Crippen molar-refractivity contribution in [1.29, 1.82) is 0 Å². The molecule has 0 aliphatic carbocycles. The molecular weight excluding hydrogens is 328 g/mol. The highest BCUT2D eigenvalue weighted by Crippen LogP contribution is 2.28. The van der Waals surface area contributed by atoms with Gasteiger partial charge >= 0.3 is 0 Å². The van der Waals surface area contributed by atoms with Gasteiger partial charge in [-0.05, 0) is 50.6 Å². The topological polar surface area (TPSA) is 49.3 Å². The zero-order valence-electron chi connectivity index (χ0n) is 16.9. The van der Waals surface area contributed by atoms with Crippen LogP contribution in [0.15, 0.2) is 23.2 Å². The molecule has 26 heavy (non-hydrogen) atoms. The molecule has 1 N–H and O–H groups in total. The number of benzene rings is 1. The van der Waals surface area contributed by atoms with E-state index in [0.29, 0.717) is 19.2 Å². The quantitative estimate of drug-likeness (QED) is 0.569. The van der Waals surface area contributed by atoms with Crippen LogP contribution in [0.3, 0.4) is 0 Å². The summed E-state index contributed by atoms with van der Waals surface area (Å²) in [7, 11) is 5.61. The Balaban J connectivity index is 1.94. The monoisotopic (exact) mass is 362 g/mol. The molecule has 146 valence electrons. The van der Waals surface area contributed by atoms with Crippen LogP contribution in [0, 0.1) is 0 Å². The van der Waals surface area contributed by atoms with E-state index in [1.807, 2.05) is 26.1 Å². The maximum Gasteiger partial charge on any atom is 0.193 e. The maximum atomic E-state index is 5.66. The Morgan fingerprint density at radius 3 is 2.81 bits per heavy atom. The lowest BCUT2D eigenvalue weighted by atomic mass is 10.2. The van der Waals surface area contributed by atoms with Gasteiger partial charge in [-0.15, -0.1) is 0 Å². The van der Waals surface area contributed by atoms with Crippen LogP contribution < -0.4 is 14.8 Å². The average Bonchev–Trinajstić information content (AvgIpc) is 3.10. The number of nitrogens with zero attached hydrogens (tertiary/aromatic N) is 3. The molecule has 1 atom stereocenters. The van der Waals surface area contributed by atoms with E-state index >= 15 is 0 Å². The molecule has 1 fully saturated rings. The van der Waals surface area contributed by atoms with Crippen LogP contribution >= 0.6 is 0 Å². The maximum absolute atomic E-state index is 5.66. The molecule has 1 heterocycles. The summed E-state index contributed by atoms with van der Waals surface area (Å²) < 4.78 is 11.0. The van der Waals surface area contributed by atoms with Crippen LogP contribution in [0.5, 0.6) is 11.5 Å². The van der Waals surface area contributed by atoms with E-state index in [1.54, 1.807) is 7.11 Å². The van der Waals surface area contributed by atoms with E-state index in [2.05, 4.69) is 40.1 Å². The standard InChI is InChI=1S/C20H34N4O2/c1-6-24-12-8-9-17(24)15-23(4)20(21-3)22-14-16-10-11-18(25-5)19(13-16)26-7-2/h10-11,13,17H,6-9,12,14-15H2,1-5H3,(H,21,22). The highest BCUT2D eigenvalue weighted by molar-refractivity contribution is 5.79. The van der Waals surface area contributed by atoms with Crippen LogP contribution in [0.25, 0.3) is 0 Å². The van der Waals surface area contributed by atoms with E-state index in [1.165, 1.54) is 19.4 Å². The number of methoxy groups -OCH3 is 1. The van der Waals surface area contributed by atoms with Crippen LogP contribution in [-0.4, -0.2) is 69.2 Å². The second-order valence-corrected chi connectivity index (χ2v) is 6.62. The van der Waals surface area contributed by atoms with Gasteiger partial charge in [0.05, 0.1) is 13.7 Å². The Labute approximate surface area is 158 Å². The second kappa shape index (κ2) is 10.3. The predicted molar refractivity (Wildman–Crippen MR) is 107 cm³/mol. The van der Waals surface area contributed by atoms with Gasteiger partial charge in [-0.2, -0.15) is 0 Å². The van der Waals surface area contributed by atoms with E-state index < -0.39 is 0 Å². The fourth-order valence-corrected chi connectivity index (χ4v) is 3.59. The van der Waals surface area contributed by atoms with Crippen molar-refractivity contribution in [3.8, 4) is 11.5 Å². The molecule has 1 aromatic rings. The molecule has 0 amide bonds. The zero-order chi connectivity index (χ0) is 18.9. The molecule has 1 unspecified atom stereocenters. The predicted octanol–water partition coefficient (Wildman–Crippen LogP) is 2.59. The van der Waals surface area contributed by atoms with Crippen LogP contribution in [0.4, 0.5) is 0 Å². The van der Waals surface area contributed by atoms with Crippen LogP contribution in [0.2, 0.25) is 0 Å². The van der Waals surface area contributed by atoms with Crippen molar-refractivity contribution in [2.45, 2.75) is 39.3 Å². The van der Waals surface area contributed by atoms with E-state index in [-0.39, 0.29) is 0 Å². The third-order valence-electron chi connectivity index (χ3n) is 4.94. The van der Waals surface area contributed by atoms with Crippen molar-refractivity contribution < 1.29 is 9.47 Å². The number of likely N-dealkylation sites (N-methyl/N-ethyl adjacent to an activating group) is 2. The van der Waals surface area contributed by atoms with Crippen molar-refractivity contribution in [1.82, 2.24) is 15.1 Å². The van der Waals surface area contributed by atoms with Gasteiger partial charge in [-0.3, -0.25) is 9.89 Å². The Morgan fingerprint density at radius 1 is 1.35 bits per heavy atom. The van der Waals surface area contributed by atoms with Crippen molar-refractivity contribution in [3.05, 3.63) is 23.8 Å². The molecule has 1 aromatic carbocycles. The number of guanidine groups is 1. The van der Waals surface area contributed by atoms with Gasteiger partial charge in [0.15, 0.2) is 17.5 Å². The lowest BCUT2D eigenvalue weighted by molar-refractivity contribution is 0.232. The van der Waals surface area contributed by atoms with Gasteiger partial charge in [-0.1, -0.05) is 13.0 Å². The third-order valence-corrected chi connectivity index (χ3v) is 4.94. The molecule has 0 bridgehead atoms. The molecular formula is C20H34N4O2. The minimum atomic E-state index is 0.618. The molecule has 0 spiro atoms. The lowest BCUT2D eigenvalue weighted by Crippen LogP contribution is -2.45. The molecule has 1 saturated heterocycles. The van der Waals surface area contributed by atoms with Crippen molar-refractivity contribution in [2.75, 3.05) is 47.4 Å². The van der Waals surface area contributed by atoms with Gasteiger partial charge in [0.1, 0.15) is 0 Å². The molecule has 0 aromatic heterocycles. The van der Waals surface area contributed by atoms with Crippen molar-refractivity contribution in [3.63, 3.8) is 0 Å². The number of aliphatic imine (C=N–C) groups is 1. The summed E-state index contributed by atoms with van der Waals surface area (Å²) in [4.78, 5) is 9.23. The first-order valence-electron chi connectivity index (χ1n) is 9.58. The van der Waals surface area contributed by atoms with Crippen LogP contribution in [-0.2, 0) is 6.54 Å². The Kier molecular flexibility index (Phi) is 8.04. The van der Waals surface area contributed by atoms with Crippen LogP contribution in [0.1, 0.15) is 32.3 Å². The number of likely N-dealkylation sites (tertiary alicyclic amines) is 1. The van der Waals surface area contributed by atoms with Gasteiger partial charge < -0.3 is 19.7 Å². The highest BCUT2D eigenvalue weighted by Gasteiger charge is 2.24. The number of ether oxygens (including phenoxy) is 2. The average molecular weight is 363 g/mol. The fourth-order valence-electron chi connectivity index (χ4n) is 3.59. The largest absolute Gasteiger partial charge is 0.493 e. The smallest absolute Gasteiger partial charge is 0.193 e. The van der Waals surface area contributed by atoms with E-state index in [0.717, 1.165) is 36.1 Å². The first kappa shape index (κ1) is 20.4. The summed E-state index contributed by atoms with van der Waals surface area (Å²) in [5, 5.41) is 3.46. The van der Waals surface area contributed by atoms with Gasteiger partial charge in [0.25, 0.3) is 0 Å². The first-order valence-corrected chi connectivity index (χ1v) is 9.58. The molecule has 0 saturated carbocycles. The lowest BCUT2D eigenvalue weighted by Gasteiger charge is -2.29.